The average molecular weight is 471 g/mol. The SMILES string of the molecule is CCC(CC)NC(=O)CN1OC2C(=O)N(C3CCCCC3)C(=O)C2C1c1ccc(N(C)C)cc1. The van der Waals surface area contributed by atoms with Crippen LogP contribution in [0.25, 0.3) is 0 Å². The van der Waals surface area contributed by atoms with E-state index in [0.717, 1.165) is 56.2 Å². The van der Waals surface area contributed by atoms with E-state index in [2.05, 4.69) is 5.32 Å². The van der Waals surface area contributed by atoms with Crippen molar-refractivity contribution in [3.8, 4) is 0 Å². The van der Waals surface area contributed by atoms with E-state index in [4.69, 9.17) is 4.84 Å². The fraction of sp³-hybridized carbons (Fsp3) is 0.654. The molecule has 8 heteroatoms. The third-order valence-electron chi connectivity index (χ3n) is 7.57. The number of hydrogen-bond acceptors (Lipinski definition) is 6. The highest BCUT2D eigenvalue weighted by atomic mass is 16.7. The number of hydrogen-bond donors (Lipinski definition) is 1. The number of benzene rings is 1. The minimum Gasteiger partial charge on any atom is -0.378 e. The first-order chi connectivity index (χ1) is 16.3. The molecule has 1 aliphatic carbocycles. The van der Waals surface area contributed by atoms with E-state index >= 15 is 0 Å². The zero-order valence-electron chi connectivity index (χ0n) is 20.8. The van der Waals surface area contributed by atoms with Gasteiger partial charge in [0.1, 0.15) is 6.54 Å². The second-order valence-electron chi connectivity index (χ2n) is 9.98. The second kappa shape index (κ2) is 10.4. The van der Waals surface area contributed by atoms with Crippen LogP contribution >= 0.6 is 0 Å². The summed E-state index contributed by atoms with van der Waals surface area (Å²) in [6.45, 7) is 4.06. The third-order valence-corrected chi connectivity index (χ3v) is 7.57. The Balaban J connectivity index is 1.61. The van der Waals surface area contributed by atoms with E-state index in [9.17, 15) is 14.4 Å². The standard InChI is InChI=1S/C26H38N4O4/c1-5-18(6-2)27-21(31)16-29-23(17-12-14-19(15-13-17)28(3)4)22-24(34-29)26(33)30(25(22)32)20-10-8-7-9-11-20/h12-15,18,20,22-24H,5-11,16H2,1-4H3,(H,27,31). The molecule has 3 unspecified atom stereocenters. The molecule has 0 bridgehead atoms. The summed E-state index contributed by atoms with van der Waals surface area (Å²) in [5.41, 5.74) is 1.91. The Morgan fingerprint density at radius 1 is 1.06 bits per heavy atom. The van der Waals surface area contributed by atoms with Crippen LogP contribution in [0.3, 0.4) is 0 Å². The van der Waals surface area contributed by atoms with E-state index in [1.54, 1.807) is 5.06 Å². The van der Waals surface area contributed by atoms with Crippen LogP contribution in [0.1, 0.15) is 70.4 Å². The van der Waals surface area contributed by atoms with Crippen LogP contribution in [0.4, 0.5) is 5.69 Å². The first-order valence-electron chi connectivity index (χ1n) is 12.7. The molecule has 4 rings (SSSR count). The molecule has 1 N–H and O–H groups in total. The van der Waals surface area contributed by atoms with Crippen LogP contribution < -0.4 is 10.2 Å². The summed E-state index contributed by atoms with van der Waals surface area (Å²) in [6, 6.07) is 7.50. The maximum Gasteiger partial charge on any atom is 0.261 e. The zero-order chi connectivity index (χ0) is 24.4. The smallest absolute Gasteiger partial charge is 0.261 e. The van der Waals surface area contributed by atoms with Crippen molar-refractivity contribution in [1.29, 1.82) is 0 Å². The monoisotopic (exact) mass is 470 g/mol. The van der Waals surface area contributed by atoms with E-state index in [1.807, 2.05) is 57.1 Å². The first kappa shape index (κ1) is 24.7. The molecule has 34 heavy (non-hydrogen) atoms. The fourth-order valence-corrected chi connectivity index (χ4v) is 5.58. The van der Waals surface area contributed by atoms with Crippen molar-refractivity contribution in [2.24, 2.45) is 5.92 Å². The quantitative estimate of drug-likeness (QED) is 0.588. The molecule has 3 fully saturated rings. The molecule has 2 aliphatic heterocycles. The van der Waals surface area contributed by atoms with Gasteiger partial charge in [-0.1, -0.05) is 45.2 Å². The van der Waals surface area contributed by atoms with Crippen LogP contribution in [0, 0.1) is 5.92 Å². The van der Waals surface area contributed by atoms with Crippen LogP contribution in [-0.4, -0.2) is 66.5 Å². The molecule has 186 valence electrons. The molecule has 2 saturated heterocycles. The topological polar surface area (TPSA) is 82.2 Å². The third kappa shape index (κ3) is 4.70. The van der Waals surface area contributed by atoms with Crippen molar-refractivity contribution in [3.05, 3.63) is 29.8 Å². The van der Waals surface area contributed by atoms with Crippen LogP contribution in [-0.2, 0) is 19.2 Å². The number of hydroxylamine groups is 2. The van der Waals surface area contributed by atoms with Gasteiger partial charge in [0.25, 0.3) is 5.91 Å². The summed E-state index contributed by atoms with van der Waals surface area (Å²) in [7, 11) is 3.94. The van der Waals surface area contributed by atoms with E-state index in [1.165, 1.54) is 4.90 Å². The Hall–Kier alpha value is -2.45. The molecule has 0 aromatic heterocycles. The van der Waals surface area contributed by atoms with Crippen molar-refractivity contribution in [2.45, 2.75) is 83.0 Å². The summed E-state index contributed by atoms with van der Waals surface area (Å²) < 4.78 is 0. The van der Waals surface area contributed by atoms with Crippen molar-refractivity contribution in [2.75, 3.05) is 25.5 Å². The van der Waals surface area contributed by atoms with E-state index in [0.29, 0.717) is 0 Å². The number of fused-ring (bicyclic) bond motifs is 1. The number of likely N-dealkylation sites (tertiary alicyclic amines) is 1. The molecule has 1 aromatic rings. The van der Waals surface area contributed by atoms with Gasteiger partial charge < -0.3 is 10.2 Å². The first-order valence-corrected chi connectivity index (χ1v) is 12.7. The lowest BCUT2D eigenvalue weighted by Gasteiger charge is -2.32. The zero-order valence-corrected chi connectivity index (χ0v) is 20.8. The highest BCUT2D eigenvalue weighted by Gasteiger charge is 2.60. The minimum atomic E-state index is -0.867. The van der Waals surface area contributed by atoms with Gasteiger partial charge in [-0.15, -0.1) is 0 Å². The van der Waals surface area contributed by atoms with Gasteiger partial charge in [-0.25, -0.2) is 0 Å². The molecule has 1 saturated carbocycles. The van der Waals surface area contributed by atoms with Gasteiger partial charge in [0.05, 0.1) is 12.0 Å². The lowest BCUT2D eigenvalue weighted by Crippen LogP contribution is -2.46. The summed E-state index contributed by atoms with van der Waals surface area (Å²) in [5, 5.41) is 4.60. The average Bonchev–Trinajstić information content (AvgIpc) is 3.32. The Labute approximate surface area is 202 Å². The predicted octanol–water partition coefficient (Wildman–Crippen LogP) is 3.03. The van der Waals surface area contributed by atoms with Gasteiger partial charge in [-0.05, 0) is 43.4 Å². The number of nitrogens with zero attached hydrogens (tertiary/aromatic N) is 3. The molecule has 3 aliphatic rings. The minimum absolute atomic E-state index is 0.0203. The summed E-state index contributed by atoms with van der Waals surface area (Å²) >= 11 is 0. The molecule has 8 nitrogen and oxygen atoms in total. The van der Waals surface area contributed by atoms with Gasteiger partial charge in [0.15, 0.2) is 6.10 Å². The highest BCUT2D eigenvalue weighted by Crippen LogP contribution is 2.46. The molecule has 0 radical (unpaired) electrons. The number of carbonyl (C=O) groups excluding carboxylic acids is 3. The highest BCUT2D eigenvalue weighted by molar-refractivity contribution is 6.07. The van der Waals surface area contributed by atoms with E-state index in [-0.39, 0.29) is 36.3 Å². The Bertz CT molecular complexity index is 893. The van der Waals surface area contributed by atoms with Gasteiger partial charge >= 0.3 is 0 Å². The number of carbonyl (C=O) groups is 3. The largest absolute Gasteiger partial charge is 0.378 e. The molecule has 1 aromatic carbocycles. The summed E-state index contributed by atoms with van der Waals surface area (Å²) in [6.07, 6.45) is 5.77. The Morgan fingerprint density at radius 2 is 1.71 bits per heavy atom. The summed E-state index contributed by atoms with van der Waals surface area (Å²) in [5.74, 6) is -1.21. The Morgan fingerprint density at radius 3 is 2.29 bits per heavy atom. The lowest BCUT2D eigenvalue weighted by molar-refractivity contribution is -0.184. The van der Waals surface area contributed by atoms with Crippen LogP contribution in [0.2, 0.25) is 0 Å². The Kier molecular flexibility index (Phi) is 7.57. The number of rotatable bonds is 8. The summed E-state index contributed by atoms with van der Waals surface area (Å²) in [4.78, 5) is 49.4. The van der Waals surface area contributed by atoms with Crippen molar-refractivity contribution < 1.29 is 19.2 Å². The number of imide groups is 1. The van der Waals surface area contributed by atoms with Crippen molar-refractivity contribution in [1.82, 2.24) is 15.3 Å². The van der Waals surface area contributed by atoms with Crippen molar-refractivity contribution >= 4 is 23.4 Å². The number of anilines is 1. The maximum absolute atomic E-state index is 13.6. The molecule has 3 atom stereocenters. The number of amides is 3. The van der Waals surface area contributed by atoms with Crippen molar-refractivity contribution in [3.63, 3.8) is 0 Å². The number of nitrogens with one attached hydrogen (secondary N) is 1. The van der Waals surface area contributed by atoms with Gasteiger partial charge in [0.2, 0.25) is 11.8 Å². The van der Waals surface area contributed by atoms with Crippen LogP contribution in [0.15, 0.2) is 24.3 Å². The normalized spacial score (nSPS) is 25.8. The molecule has 3 amide bonds. The molecular weight excluding hydrogens is 432 g/mol. The van der Waals surface area contributed by atoms with E-state index < -0.39 is 18.1 Å². The van der Waals surface area contributed by atoms with Gasteiger partial charge in [-0.3, -0.25) is 24.1 Å². The fourth-order valence-electron chi connectivity index (χ4n) is 5.58. The molecule has 2 heterocycles. The molecular formula is C26H38N4O4. The predicted molar refractivity (Wildman–Crippen MR) is 130 cm³/mol. The maximum atomic E-state index is 13.6. The van der Waals surface area contributed by atoms with Crippen LogP contribution in [0.5, 0.6) is 0 Å². The van der Waals surface area contributed by atoms with Gasteiger partial charge in [-0.2, -0.15) is 5.06 Å². The molecule has 0 spiro atoms. The van der Waals surface area contributed by atoms with Gasteiger partial charge in [0, 0.05) is 31.9 Å². The second-order valence-corrected chi connectivity index (χ2v) is 9.98. The lowest BCUT2D eigenvalue weighted by atomic mass is 9.90.